The van der Waals surface area contributed by atoms with Gasteiger partial charge in [-0.1, -0.05) is 12.1 Å². The molecular formula is C19H20FN5OS. The van der Waals surface area contributed by atoms with E-state index in [-0.39, 0.29) is 23.6 Å². The third kappa shape index (κ3) is 4.06. The van der Waals surface area contributed by atoms with Crippen LogP contribution < -0.4 is 10.6 Å². The molecule has 6 nitrogen and oxygen atoms in total. The average molecular weight is 385 g/mol. The highest BCUT2D eigenvalue weighted by molar-refractivity contribution is 7.15. The molecule has 0 radical (unpaired) electrons. The highest BCUT2D eigenvalue weighted by Crippen LogP contribution is 2.29. The summed E-state index contributed by atoms with van der Waals surface area (Å²) in [6, 6.07) is 6.42. The van der Waals surface area contributed by atoms with E-state index in [0.29, 0.717) is 18.1 Å². The third-order valence-electron chi connectivity index (χ3n) is 4.78. The van der Waals surface area contributed by atoms with Crippen molar-refractivity contribution in [3.05, 3.63) is 64.7 Å². The van der Waals surface area contributed by atoms with Gasteiger partial charge in [-0.3, -0.25) is 9.48 Å². The van der Waals surface area contributed by atoms with E-state index >= 15 is 0 Å². The summed E-state index contributed by atoms with van der Waals surface area (Å²) in [5.74, 6) is -0.322. The van der Waals surface area contributed by atoms with E-state index in [1.54, 1.807) is 23.0 Å². The Balaban J connectivity index is 1.41. The topological polar surface area (TPSA) is 71.8 Å². The lowest BCUT2D eigenvalue weighted by molar-refractivity contribution is -0.119. The van der Waals surface area contributed by atoms with Gasteiger partial charge in [0, 0.05) is 49.7 Å². The molecule has 1 aromatic carbocycles. The second-order valence-electron chi connectivity index (χ2n) is 6.74. The molecule has 2 aromatic heterocycles. The van der Waals surface area contributed by atoms with Gasteiger partial charge >= 0.3 is 0 Å². The molecule has 140 valence electrons. The van der Waals surface area contributed by atoms with Crippen molar-refractivity contribution < 1.29 is 9.18 Å². The smallest absolute Gasteiger partial charge is 0.231 e. The number of hydrogen-bond donors (Lipinski definition) is 2. The van der Waals surface area contributed by atoms with E-state index < -0.39 is 0 Å². The molecule has 0 spiro atoms. The highest BCUT2D eigenvalue weighted by atomic mass is 32.1. The van der Waals surface area contributed by atoms with Crippen LogP contribution >= 0.6 is 11.3 Å². The first-order valence-electron chi connectivity index (χ1n) is 8.78. The standard InChI is InChI=1S/C19H20FN5OS/c1-25-11-13(7-23-25)16-9-21-10-17(16)18(26)24-19-22-8-15(27-19)6-12-2-4-14(20)5-3-12/h2-5,7-8,11,16-17,21H,6,9-10H2,1H3,(H,22,24,26)/t16-,17+/m1/s1. The fourth-order valence-electron chi connectivity index (χ4n) is 3.38. The summed E-state index contributed by atoms with van der Waals surface area (Å²) < 4.78 is 14.8. The summed E-state index contributed by atoms with van der Waals surface area (Å²) in [7, 11) is 1.87. The lowest BCUT2D eigenvalue weighted by Crippen LogP contribution is -2.27. The van der Waals surface area contributed by atoms with Crippen LogP contribution in [0.1, 0.15) is 21.9 Å². The van der Waals surface area contributed by atoms with Gasteiger partial charge in [-0.25, -0.2) is 9.37 Å². The van der Waals surface area contributed by atoms with Crippen molar-refractivity contribution in [1.82, 2.24) is 20.1 Å². The van der Waals surface area contributed by atoms with Crippen LogP contribution in [0.3, 0.4) is 0 Å². The maximum absolute atomic E-state index is 13.0. The number of benzene rings is 1. The van der Waals surface area contributed by atoms with Gasteiger partial charge in [-0.2, -0.15) is 5.10 Å². The van der Waals surface area contributed by atoms with E-state index in [1.165, 1.54) is 23.5 Å². The Morgan fingerprint density at radius 3 is 2.89 bits per heavy atom. The molecule has 1 amide bonds. The number of hydrogen-bond acceptors (Lipinski definition) is 5. The van der Waals surface area contributed by atoms with E-state index in [1.807, 2.05) is 19.4 Å². The largest absolute Gasteiger partial charge is 0.315 e. The van der Waals surface area contributed by atoms with E-state index in [4.69, 9.17) is 0 Å². The van der Waals surface area contributed by atoms with Crippen LogP contribution in [0.15, 0.2) is 42.9 Å². The first-order chi connectivity index (χ1) is 13.1. The minimum absolute atomic E-state index is 0.0310. The van der Waals surface area contributed by atoms with Gasteiger partial charge in [0.05, 0.1) is 12.1 Å². The van der Waals surface area contributed by atoms with Crippen molar-refractivity contribution in [2.24, 2.45) is 13.0 Å². The molecular weight excluding hydrogens is 365 g/mol. The van der Waals surface area contributed by atoms with Crippen LogP contribution in [0, 0.1) is 11.7 Å². The molecule has 1 saturated heterocycles. The van der Waals surface area contributed by atoms with Crippen LogP contribution in [0.4, 0.5) is 9.52 Å². The second kappa shape index (κ2) is 7.58. The molecule has 3 aromatic rings. The zero-order chi connectivity index (χ0) is 18.8. The molecule has 2 N–H and O–H groups in total. The molecule has 1 aliphatic rings. The lowest BCUT2D eigenvalue weighted by atomic mass is 9.90. The molecule has 8 heteroatoms. The van der Waals surface area contributed by atoms with Crippen molar-refractivity contribution in [3.8, 4) is 0 Å². The number of aromatic nitrogens is 3. The number of amides is 1. The van der Waals surface area contributed by atoms with Gasteiger partial charge in [-0.05, 0) is 23.3 Å². The van der Waals surface area contributed by atoms with E-state index in [0.717, 1.165) is 22.5 Å². The Morgan fingerprint density at radius 1 is 1.33 bits per heavy atom. The monoisotopic (exact) mass is 385 g/mol. The number of carbonyl (C=O) groups excluding carboxylic acids is 1. The maximum atomic E-state index is 13.0. The van der Waals surface area contributed by atoms with Gasteiger partial charge in [0.2, 0.25) is 5.91 Å². The fraction of sp³-hybridized carbons (Fsp3) is 0.316. The predicted octanol–water partition coefficient (Wildman–Crippen LogP) is 2.55. The summed E-state index contributed by atoms with van der Waals surface area (Å²) in [5.41, 5.74) is 2.08. The normalized spacial score (nSPS) is 19.3. The Hall–Kier alpha value is -2.58. The Morgan fingerprint density at radius 2 is 2.15 bits per heavy atom. The molecule has 0 aliphatic carbocycles. The summed E-state index contributed by atoms with van der Waals surface area (Å²) in [6.45, 7) is 1.40. The van der Waals surface area contributed by atoms with Crippen molar-refractivity contribution in [3.63, 3.8) is 0 Å². The number of aryl methyl sites for hydroxylation is 1. The number of carbonyl (C=O) groups is 1. The second-order valence-corrected chi connectivity index (χ2v) is 7.86. The van der Waals surface area contributed by atoms with Crippen molar-refractivity contribution in [1.29, 1.82) is 0 Å². The number of halogens is 1. The quantitative estimate of drug-likeness (QED) is 0.708. The lowest BCUT2D eigenvalue weighted by Gasteiger charge is -2.15. The molecule has 0 saturated carbocycles. The van der Waals surface area contributed by atoms with Crippen LogP contribution in [0.5, 0.6) is 0 Å². The molecule has 1 aliphatic heterocycles. The average Bonchev–Trinajstić information content (AvgIpc) is 3.37. The predicted molar refractivity (Wildman–Crippen MR) is 102 cm³/mol. The first kappa shape index (κ1) is 17.8. The Kier molecular flexibility index (Phi) is 5.00. The Bertz CT molecular complexity index is 936. The number of thiazole rings is 1. The molecule has 4 rings (SSSR count). The summed E-state index contributed by atoms with van der Waals surface area (Å²) in [6.07, 6.45) is 6.20. The van der Waals surface area contributed by atoms with Crippen molar-refractivity contribution in [2.75, 3.05) is 18.4 Å². The maximum Gasteiger partial charge on any atom is 0.231 e. The van der Waals surface area contributed by atoms with Gasteiger partial charge in [0.15, 0.2) is 5.13 Å². The number of anilines is 1. The summed E-state index contributed by atoms with van der Waals surface area (Å²) in [5, 5.41) is 11.0. The summed E-state index contributed by atoms with van der Waals surface area (Å²) >= 11 is 1.45. The van der Waals surface area contributed by atoms with Crippen LogP contribution in [0.2, 0.25) is 0 Å². The Labute approximate surface area is 160 Å². The fourth-order valence-corrected chi connectivity index (χ4v) is 4.23. The van der Waals surface area contributed by atoms with Gasteiger partial charge in [0.25, 0.3) is 0 Å². The first-order valence-corrected chi connectivity index (χ1v) is 9.59. The molecule has 27 heavy (non-hydrogen) atoms. The molecule has 0 bridgehead atoms. The van der Waals surface area contributed by atoms with Gasteiger partial charge in [-0.15, -0.1) is 11.3 Å². The molecule has 3 heterocycles. The number of rotatable bonds is 5. The van der Waals surface area contributed by atoms with Crippen LogP contribution in [0.25, 0.3) is 0 Å². The van der Waals surface area contributed by atoms with Gasteiger partial charge < -0.3 is 10.6 Å². The van der Waals surface area contributed by atoms with Crippen molar-refractivity contribution >= 4 is 22.4 Å². The van der Waals surface area contributed by atoms with E-state index in [2.05, 4.69) is 20.7 Å². The molecule has 0 unspecified atom stereocenters. The highest BCUT2D eigenvalue weighted by Gasteiger charge is 2.35. The summed E-state index contributed by atoms with van der Waals surface area (Å²) in [4.78, 5) is 18.1. The zero-order valence-corrected chi connectivity index (χ0v) is 15.7. The van der Waals surface area contributed by atoms with Crippen LogP contribution in [-0.4, -0.2) is 33.8 Å². The minimum Gasteiger partial charge on any atom is -0.315 e. The molecule has 1 fully saturated rings. The SMILES string of the molecule is Cn1cc([C@H]2CNC[C@@H]2C(=O)Nc2ncc(Cc3ccc(F)cc3)s2)cn1. The number of nitrogens with zero attached hydrogens (tertiary/aromatic N) is 3. The van der Waals surface area contributed by atoms with Crippen LogP contribution in [-0.2, 0) is 18.3 Å². The van der Waals surface area contributed by atoms with E-state index in [9.17, 15) is 9.18 Å². The molecule has 2 atom stereocenters. The number of nitrogens with one attached hydrogen (secondary N) is 2. The van der Waals surface area contributed by atoms with Gasteiger partial charge in [0.1, 0.15) is 5.82 Å². The minimum atomic E-state index is -0.246. The van der Waals surface area contributed by atoms with Crippen molar-refractivity contribution in [2.45, 2.75) is 12.3 Å². The zero-order valence-electron chi connectivity index (χ0n) is 14.9. The third-order valence-corrected chi connectivity index (χ3v) is 5.69.